The number of rotatable bonds is 5. The van der Waals surface area contributed by atoms with E-state index in [1.54, 1.807) is 25.2 Å². The lowest BCUT2D eigenvalue weighted by molar-refractivity contribution is 0.0284. The molecule has 26 heavy (non-hydrogen) atoms. The molecule has 0 N–H and O–H groups in total. The van der Waals surface area contributed by atoms with Crippen LogP contribution in [-0.4, -0.2) is 21.2 Å². The highest BCUT2D eigenvalue weighted by molar-refractivity contribution is 7.22. The van der Waals surface area contributed by atoms with Crippen molar-refractivity contribution in [3.8, 4) is 20.7 Å². The number of esters is 1. The van der Waals surface area contributed by atoms with Crippen LogP contribution in [0.4, 0.5) is 0 Å². The zero-order chi connectivity index (χ0) is 18.1. The number of hydrogen-bond donors (Lipinski definition) is 0. The molecule has 132 valence electrons. The van der Waals surface area contributed by atoms with E-state index in [4.69, 9.17) is 9.15 Å². The average molecular weight is 404 g/mol. The van der Waals surface area contributed by atoms with Crippen LogP contribution in [0.15, 0.2) is 39.4 Å². The zero-order valence-corrected chi connectivity index (χ0v) is 16.3. The van der Waals surface area contributed by atoms with Crippen LogP contribution in [0.5, 0.6) is 0 Å². The minimum absolute atomic E-state index is 0.266. The second-order valence-electron chi connectivity index (χ2n) is 5.38. The third-order valence-corrected chi connectivity index (χ3v) is 6.55. The third-order valence-electron chi connectivity index (χ3n) is 3.52. The first-order chi connectivity index (χ1) is 12.6. The minimum Gasteiger partial charge on any atom is -0.448 e. The lowest BCUT2D eigenvalue weighted by atomic mass is 10.3. The summed E-state index contributed by atoms with van der Waals surface area (Å²) in [5.41, 5.74) is 0.653. The predicted molar refractivity (Wildman–Crippen MR) is 102 cm³/mol. The SMILES string of the molecule is Cc1nc(-c2cccs2)sc1C(=O)OC(C)c1nnc(-c2cccs2)o1. The van der Waals surface area contributed by atoms with Gasteiger partial charge in [0.05, 0.1) is 15.4 Å². The Morgan fingerprint density at radius 1 is 1.15 bits per heavy atom. The van der Waals surface area contributed by atoms with Crippen LogP contribution in [-0.2, 0) is 4.74 Å². The molecule has 0 spiro atoms. The summed E-state index contributed by atoms with van der Waals surface area (Å²) in [7, 11) is 0. The topological polar surface area (TPSA) is 78.1 Å². The lowest BCUT2D eigenvalue weighted by Gasteiger charge is -2.08. The summed E-state index contributed by atoms with van der Waals surface area (Å²) < 4.78 is 11.1. The molecule has 4 heterocycles. The molecular weight excluding hydrogens is 390 g/mol. The minimum atomic E-state index is -0.643. The summed E-state index contributed by atoms with van der Waals surface area (Å²) in [5.74, 6) is 0.250. The maximum atomic E-state index is 12.5. The van der Waals surface area contributed by atoms with Gasteiger partial charge < -0.3 is 9.15 Å². The number of carbonyl (C=O) groups excluding carboxylic acids is 1. The van der Waals surface area contributed by atoms with Gasteiger partial charge in [-0.3, -0.25) is 0 Å². The van der Waals surface area contributed by atoms with Crippen molar-refractivity contribution >= 4 is 40.0 Å². The van der Waals surface area contributed by atoms with E-state index >= 15 is 0 Å². The molecule has 0 aliphatic carbocycles. The molecule has 0 amide bonds. The van der Waals surface area contributed by atoms with Crippen molar-refractivity contribution in [1.29, 1.82) is 0 Å². The van der Waals surface area contributed by atoms with Crippen LogP contribution < -0.4 is 0 Å². The Kier molecular flexibility index (Phi) is 4.66. The van der Waals surface area contributed by atoms with E-state index in [0.29, 0.717) is 16.5 Å². The van der Waals surface area contributed by atoms with Crippen molar-refractivity contribution in [1.82, 2.24) is 15.2 Å². The van der Waals surface area contributed by atoms with Gasteiger partial charge in [-0.2, -0.15) is 0 Å². The van der Waals surface area contributed by atoms with Crippen molar-refractivity contribution in [2.45, 2.75) is 20.0 Å². The van der Waals surface area contributed by atoms with E-state index in [-0.39, 0.29) is 5.89 Å². The Bertz CT molecular complexity index is 1020. The van der Waals surface area contributed by atoms with Gasteiger partial charge in [-0.05, 0) is 36.7 Å². The summed E-state index contributed by atoms with van der Waals surface area (Å²) in [6.07, 6.45) is -0.643. The first kappa shape index (κ1) is 17.1. The molecule has 9 heteroatoms. The molecule has 0 aliphatic heterocycles. The van der Waals surface area contributed by atoms with Gasteiger partial charge in [0.15, 0.2) is 6.10 Å². The summed E-state index contributed by atoms with van der Waals surface area (Å²) >= 11 is 4.42. The van der Waals surface area contributed by atoms with Crippen molar-refractivity contribution in [3.63, 3.8) is 0 Å². The van der Waals surface area contributed by atoms with Crippen molar-refractivity contribution in [2.75, 3.05) is 0 Å². The standard InChI is InChI=1S/C17H13N3O3S3/c1-9-13(26-16(18-9)12-6-4-8-25-12)17(21)22-10(2)14-19-20-15(23-14)11-5-3-7-24-11/h3-8,10H,1-2H3. The quantitative estimate of drug-likeness (QED) is 0.426. The van der Waals surface area contributed by atoms with E-state index in [1.807, 2.05) is 35.0 Å². The van der Waals surface area contributed by atoms with E-state index in [0.717, 1.165) is 14.8 Å². The van der Waals surface area contributed by atoms with Crippen molar-refractivity contribution in [2.24, 2.45) is 0 Å². The van der Waals surface area contributed by atoms with Crippen LogP contribution in [0.25, 0.3) is 20.7 Å². The van der Waals surface area contributed by atoms with Gasteiger partial charge >= 0.3 is 5.97 Å². The largest absolute Gasteiger partial charge is 0.448 e. The molecular formula is C17H13N3O3S3. The van der Waals surface area contributed by atoms with E-state index in [2.05, 4.69) is 15.2 Å². The van der Waals surface area contributed by atoms with Crippen molar-refractivity contribution < 1.29 is 13.9 Å². The molecule has 0 radical (unpaired) electrons. The molecule has 4 aromatic rings. The molecule has 6 nitrogen and oxygen atoms in total. The van der Waals surface area contributed by atoms with E-state index in [9.17, 15) is 4.79 Å². The number of hydrogen-bond acceptors (Lipinski definition) is 9. The molecule has 0 bridgehead atoms. The molecule has 0 saturated heterocycles. The summed E-state index contributed by atoms with van der Waals surface area (Å²) in [5, 5.41) is 12.7. The fourth-order valence-corrected chi connectivity index (χ4v) is 4.64. The highest BCUT2D eigenvalue weighted by Crippen LogP contribution is 2.32. The van der Waals surface area contributed by atoms with Gasteiger partial charge in [0.25, 0.3) is 11.8 Å². The smallest absolute Gasteiger partial charge is 0.351 e. The Morgan fingerprint density at radius 3 is 2.58 bits per heavy atom. The number of thiazole rings is 1. The number of aromatic nitrogens is 3. The monoisotopic (exact) mass is 403 g/mol. The fourth-order valence-electron chi connectivity index (χ4n) is 2.25. The van der Waals surface area contributed by atoms with Gasteiger partial charge in [-0.15, -0.1) is 44.2 Å². The Morgan fingerprint density at radius 2 is 1.88 bits per heavy atom. The zero-order valence-electron chi connectivity index (χ0n) is 13.8. The first-order valence-electron chi connectivity index (χ1n) is 7.71. The Balaban J connectivity index is 1.50. The number of ether oxygens (including phenoxy) is 1. The summed E-state index contributed by atoms with van der Waals surface area (Å²) in [6, 6.07) is 7.74. The van der Waals surface area contributed by atoms with Crippen LogP contribution in [0, 0.1) is 6.92 Å². The second kappa shape index (κ2) is 7.10. The van der Waals surface area contributed by atoms with Gasteiger partial charge in [-0.25, -0.2) is 9.78 Å². The molecule has 0 fully saturated rings. The van der Waals surface area contributed by atoms with Crippen LogP contribution in [0.3, 0.4) is 0 Å². The summed E-state index contributed by atoms with van der Waals surface area (Å²) in [4.78, 5) is 19.4. The van der Waals surface area contributed by atoms with Crippen LogP contribution >= 0.6 is 34.0 Å². The number of nitrogens with zero attached hydrogens (tertiary/aromatic N) is 3. The summed E-state index contributed by atoms with van der Waals surface area (Å²) in [6.45, 7) is 3.51. The maximum absolute atomic E-state index is 12.5. The number of aryl methyl sites for hydroxylation is 1. The Hall–Kier alpha value is -2.36. The molecule has 0 aromatic carbocycles. The van der Waals surface area contributed by atoms with E-state index < -0.39 is 12.1 Å². The van der Waals surface area contributed by atoms with Crippen molar-refractivity contribution in [3.05, 3.63) is 51.5 Å². The Labute approximate surface area is 161 Å². The van der Waals surface area contributed by atoms with Crippen LogP contribution in [0.1, 0.15) is 34.3 Å². The number of carbonyl (C=O) groups is 1. The second-order valence-corrected chi connectivity index (χ2v) is 8.28. The highest BCUT2D eigenvalue weighted by Gasteiger charge is 2.24. The molecule has 0 saturated carbocycles. The molecule has 1 unspecified atom stereocenters. The maximum Gasteiger partial charge on any atom is 0.351 e. The molecule has 4 aromatic heterocycles. The molecule has 4 rings (SSSR count). The first-order valence-corrected chi connectivity index (χ1v) is 10.3. The van der Waals surface area contributed by atoms with E-state index in [1.165, 1.54) is 22.7 Å². The molecule has 0 aliphatic rings. The lowest BCUT2D eigenvalue weighted by Crippen LogP contribution is -2.09. The van der Waals surface area contributed by atoms with Gasteiger partial charge in [0.2, 0.25) is 0 Å². The van der Waals surface area contributed by atoms with Gasteiger partial charge in [-0.1, -0.05) is 12.1 Å². The van der Waals surface area contributed by atoms with Gasteiger partial charge in [0.1, 0.15) is 9.88 Å². The van der Waals surface area contributed by atoms with Crippen LogP contribution in [0.2, 0.25) is 0 Å². The fraction of sp³-hybridized carbons (Fsp3) is 0.176. The molecule has 1 atom stereocenters. The third kappa shape index (κ3) is 3.33. The normalized spacial score (nSPS) is 12.2. The average Bonchev–Trinajstić information content (AvgIpc) is 3.38. The highest BCUT2D eigenvalue weighted by atomic mass is 32.1. The number of thiophene rings is 2. The predicted octanol–water partition coefficient (Wildman–Crippen LogP) is 5.21. The van der Waals surface area contributed by atoms with Gasteiger partial charge in [0, 0.05) is 0 Å².